The normalized spacial score (nSPS) is 14.2. The smallest absolute Gasteiger partial charge is 0.416 e. The summed E-state index contributed by atoms with van der Waals surface area (Å²) in [6.45, 7) is 0. The Balaban J connectivity index is 0.917. The zero-order valence-electron chi connectivity index (χ0n) is 37.5. The van der Waals surface area contributed by atoms with E-state index in [4.69, 9.17) is 4.74 Å². The van der Waals surface area contributed by atoms with Gasteiger partial charge in [-0.05, 0) is 95.2 Å². The molecule has 4 N–H and O–H groups in total. The summed E-state index contributed by atoms with van der Waals surface area (Å²) in [5, 5.41) is 44.7. The van der Waals surface area contributed by atoms with Crippen LogP contribution in [0.3, 0.4) is 0 Å². The highest BCUT2D eigenvalue weighted by atomic mass is 19.4. The lowest BCUT2D eigenvalue weighted by Gasteiger charge is -2.15. The monoisotopic (exact) mass is 1050 g/mol. The zero-order valence-corrected chi connectivity index (χ0v) is 37.5. The van der Waals surface area contributed by atoms with E-state index in [1.54, 1.807) is 78.9 Å². The average Bonchev–Trinajstić information content (AvgIpc) is 3.78. The number of fused-ring (bicyclic) bond motifs is 3. The summed E-state index contributed by atoms with van der Waals surface area (Å²) < 4.78 is 168. The van der Waals surface area contributed by atoms with Crippen LogP contribution < -0.4 is 15.4 Å². The molecular weight excluding hydrogens is 1020 g/mol. The third-order valence-electron chi connectivity index (χ3n) is 11.7. The molecule has 1 aliphatic heterocycles. The van der Waals surface area contributed by atoms with Gasteiger partial charge in [-0.3, -0.25) is 9.59 Å². The first-order chi connectivity index (χ1) is 35.3. The van der Waals surface area contributed by atoms with Crippen molar-refractivity contribution in [3.05, 3.63) is 184 Å². The molecule has 0 aliphatic carbocycles. The number of halogens is 12. The second-order valence-electron chi connectivity index (χ2n) is 16.8. The van der Waals surface area contributed by atoms with Gasteiger partial charge in [-0.25, -0.2) is 0 Å². The lowest BCUT2D eigenvalue weighted by Crippen LogP contribution is -2.16. The molecule has 1 aliphatic rings. The number of rotatable bonds is 9. The van der Waals surface area contributed by atoms with Crippen molar-refractivity contribution < 1.29 is 77.2 Å². The van der Waals surface area contributed by atoms with Crippen LogP contribution in [-0.4, -0.2) is 22.0 Å². The fourth-order valence-electron chi connectivity index (χ4n) is 8.09. The minimum Gasteiger partial charge on any atom is -0.505 e. The summed E-state index contributed by atoms with van der Waals surface area (Å²) in [4.78, 5) is 26.8. The number of nitrogens with zero attached hydrogens (tertiary/aromatic N) is 4. The molecule has 75 heavy (non-hydrogen) atoms. The van der Waals surface area contributed by atoms with Crippen LogP contribution in [0.15, 0.2) is 160 Å². The van der Waals surface area contributed by atoms with Crippen LogP contribution in [0.5, 0.6) is 17.2 Å². The number of hydrogen-bond donors (Lipinski definition) is 4. The fraction of sp³-hybridized carbons (Fsp3) is 0.115. The number of alkyl halides is 12. The van der Waals surface area contributed by atoms with E-state index in [1.165, 1.54) is 24.3 Å². The number of hydrogen-bond acceptors (Lipinski definition) is 9. The van der Waals surface area contributed by atoms with Crippen LogP contribution in [0.1, 0.15) is 60.2 Å². The average molecular weight is 1050 g/mol. The van der Waals surface area contributed by atoms with Gasteiger partial charge in [0.2, 0.25) is 0 Å². The van der Waals surface area contributed by atoms with E-state index in [-0.39, 0.29) is 34.9 Å². The Morgan fingerprint density at radius 2 is 0.880 bits per heavy atom. The summed E-state index contributed by atoms with van der Waals surface area (Å²) in [6, 6.07) is 27.3. The van der Waals surface area contributed by atoms with Gasteiger partial charge in [0, 0.05) is 34.1 Å². The van der Waals surface area contributed by atoms with Gasteiger partial charge in [0.25, 0.3) is 11.8 Å². The molecule has 1 unspecified atom stereocenters. The van der Waals surface area contributed by atoms with Gasteiger partial charge in [-0.15, -0.1) is 10.2 Å². The van der Waals surface area contributed by atoms with Crippen LogP contribution in [0.2, 0.25) is 0 Å². The van der Waals surface area contributed by atoms with Crippen molar-refractivity contribution in [1.82, 2.24) is 0 Å². The molecule has 8 aromatic rings. The highest BCUT2D eigenvalue weighted by molar-refractivity contribution is 6.13. The molecule has 0 spiro atoms. The highest BCUT2D eigenvalue weighted by Gasteiger charge is 2.39. The summed E-state index contributed by atoms with van der Waals surface area (Å²) >= 11 is 0. The zero-order chi connectivity index (χ0) is 53.8. The van der Waals surface area contributed by atoms with E-state index in [0.717, 1.165) is 0 Å². The SMILES string of the molecule is O=C(Nc1cc(C(F)(F)F)cc(C(F)(F)F)c1)c1cc2ccccc2c(/N=N/c2ccc(C3Cc4cc(/N=N/c5c(O)c(C(=O)Nc6cc(C(F)(F)F)cc(C(F)(F)F)c6)cc6ccccc56)ccc4O3)cc2)c1O. The maximum atomic E-state index is 13.5. The van der Waals surface area contributed by atoms with Crippen LogP contribution >= 0.6 is 0 Å². The van der Waals surface area contributed by atoms with Crippen LogP contribution in [0.25, 0.3) is 21.5 Å². The van der Waals surface area contributed by atoms with Gasteiger partial charge < -0.3 is 25.6 Å². The molecule has 8 aromatic carbocycles. The number of carbonyl (C=O) groups is 2. The summed E-state index contributed by atoms with van der Waals surface area (Å²) in [5.41, 5.74) is -7.95. The second kappa shape index (κ2) is 19.1. The molecule has 382 valence electrons. The highest BCUT2D eigenvalue weighted by Crippen LogP contribution is 2.45. The minimum absolute atomic E-state index is 0.0936. The molecule has 0 fully saturated rings. The standard InChI is InChI=1S/C52H30F12N6O5/c53-49(54,55)29-19-30(50(56,57)58)22-35(21-29)65-47(73)39-16-26-5-1-3-7-37(26)43(45(39)71)69-67-33-11-9-25(10-12-33)42-18-28-15-34(13-14-41(28)75-42)68-70-44-38-8-4-2-6-27(38)17-40(46(44)72)48(74)66-36-23-31(51(59,60)61)20-32(24-36)52(62,63)64/h1-17,19-24,42,71-72H,18H2,(H,65,73)(H,66,74)/b69-67+,70-68+. The molecule has 2 amide bonds. The van der Waals surface area contributed by atoms with Crippen molar-refractivity contribution in [2.45, 2.75) is 37.2 Å². The molecule has 0 aromatic heterocycles. The molecule has 0 bridgehead atoms. The summed E-state index contributed by atoms with van der Waals surface area (Å²) in [5.74, 6) is -3.52. The number of aromatic hydroxyl groups is 2. The number of anilines is 2. The fourth-order valence-corrected chi connectivity index (χ4v) is 8.09. The van der Waals surface area contributed by atoms with Crippen molar-refractivity contribution in [2.24, 2.45) is 20.5 Å². The quantitative estimate of drug-likeness (QED) is 0.0836. The number of ether oxygens (including phenoxy) is 1. The Bertz CT molecular complexity index is 3590. The second-order valence-corrected chi connectivity index (χ2v) is 16.8. The number of amides is 2. The predicted octanol–water partition coefficient (Wildman–Crippen LogP) is 16.5. The van der Waals surface area contributed by atoms with Gasteiger partial charge in [-0.2, -0.15) is 62.9 Å². The summed E-state index contributed by atoms with van der Waals surface area (Å²) in [6.07, 6.45) is -20.9. The number of benzene rings is 8. The Labute approximate surface area is 413 Å². The molecule has 0 saturated carbocycles. The van der Waals surface area contributed by atoms with Crippen LogP contribution in [-0.2, 0) is 31.1 Å². The van der Waals surface area contributed by atoms with Crippen molar-refractivity contribution in [1.29, 1.82) is 0 Å². The number of phenols is 2. The van der Waals surface area contributed by atoms with Gasteiger partial charge in [-0.1, -0.05) is 60.7 Å². The largest absolute Gasteiger partial charge is 0.505 e. The molecule has 0 saturated heterocycles. The van der Waals surface area contributed by atoms with Crippen LogP contribution in [0.4, 0.5) is 86.8 Å². The van der Waals surface area contributed by atoms with Crippen molar-refractivity contribution >= 4 is 67.5 Å². The molecule has 1 heterocycles. The molecule has 11 nitrogen and oxygen atoms in total. The first kappa shape index (κ1) is 50.9. The van der Waals surface area contributed by atoms with E-state index in [2.05, 4.69) is 20.5 Å². The molecular formula is C52H30F12N6O5. The number of nitrogens with one attached hydrogen (secondary N) is 2. The predicted molar refractivity (Wildman–Crippen MR) is 248 cm³/mol. The Hall–Kier alpha value is -9.02. The van der Waals surface area contributed by atoms with E-state index in [0.29, 0.717) is 69.1 Å². The van der Waals surface area contributed by atoms with Crippen LogP contribution in [0, 0.1) is 0 Å². The first-order valence-electron chi connectivity index (χ1n) is 21.7. The maximum Gasteiger partial charge on any atom is 0.416 e. The maximum absolute atomic E-state index is 13.5. The first-order valence-corrected chi connectivity index (χ1v) is 21.7. The lowest BCUT2D eigenvalue weighted by atomic mass is 10.0. The third-order valence-corrected chi connectivity index (χ3v) is 11.7. The van der Waals surface area contributed by atoms with E-state index in [9.17, 15) is 72.5 Å². The van der Waals surface area contributed by atoms with Gasteiger partial charge in [0.05, 0.1) is 44.8 Å². The van der Waals surface area contributed by atoms with Crippen molar-refractivity contribution in [3.63, 3.8) is 0 Å². The molecule has 1 atom stereocenters. The Kier molecular flexibility index (Phi) is 13.0. The van der Waals surface area contributed by atoms with Gasteiger partial charge in [0.15, 0.2) is 11.5 Å². The van der Waals surface area contributed by atoms with Crippen molar-refractivity contribution in [3.8, 4) is 17.2 Å². The number of phenolic OH excluding ortho intramolecular Hbond substituents is 2. The minimum atomic E-state index is -5.18. The van der Waals surface area contributed by atoms with E-state index in [1.807, 2.05) is 10.6 Å². The molecule has 23 heteroatoms. The molecule has 0 radical (unpaired) electrons. The van der Waals surface area contributed by atoms with Gasteiger partial charge >= 0.3 is 24.7 Å². The topological polar surface area (TPSA) is 157 Å². The van der Waals surface area contributed by atoms with E-state index < -0.39 is 98.9 Å². The Morgan fingerprint density at radius 3 is 1.31 bits per heavy atom. The summed E-state index contributed by atoms with van der Waals surface area (Å²) in [7, 11) is 0. The van der Waals surface area contributed by atoms with Gasteiger partial charge in [0.1, 0.15) is 23.2 Å². The van der Waals surface area contributed by atoms with Crippen molar-refractivity contribution in [2.75, 3.05) is 10.6 Å². The Morgan fingerprint density at radius 1 is 0.480 bits per heavy atom. The third kappa shape index (κ3) is 10.9. The lowest BCUT2D eigenvalue weighted by molar-refractivity contribution is -0.144. The van der Waals surface area contributed by atoms with E-state index >= 15 is 0 Å². The number of carbonyl (C=O) groups excluding carboxylic acids is 2. The number of azo groups is 2. The molecule has 9 rings (SSSR count).